The molecular formula is C36H45BrN4O7. The number of aromatic hydroxyl groups is 1. The number of carbonyl (C=O) groups excluding carboxylic acids is 4. The lowest BCUT2D eigenvalue weighted by Gasteiger charge is -2.33. The Balaban J connectivity index is 1.82. The van der Waals surface area contributed by atoms with Crippen LogP contribution in [0.5, 0.6) is 5.75 Å². The van der Waals surface area contributed by atoms with Gasteiger partial charge >= 0.3 is 5.97 Å². The van der Waals surface area contributed by atoms with Crippen LogP contribution < -0.4 is 10.6 Å². The molecule has 0 unspecified atom stereocenters. The van der Waals surface area contributed by atoms with E-state index in [1.54, 1.807) is 39.1 Å². The fourth-order valence-corrected chi connectivity index (χ4v) is 6.44. The molecular weight excluding hydrogens is 680 g/mol. The molecule has 4 N–H and O–H groups in total. The molecule has 7 atom stereocenters. The van der Waals surface area contributed by atoms with Gasteiger partial charge in [0.15, 0.2) is 6.10 Å². The van der Waals surface area contributed by atoms with Gasteiger partial charge in [0.25, 0.3) is 0 Å². The second kappa shape index (κ2) is 15.8. The molecule has 2 aromatic carbocycles. The molecule has 1 aromatic heterocycles. The number of fused-ring (bicyclic) bond motifs is 1. The quantitative estimate of drug-likeness (QED) is 0.220. The van der Waals surface area contributed by atoms with Gasteiger partial charge in [-0.2, -0.15) is 0 Å². The average molecular weight is 726 g/mol. The zero-order valence-corrected chi connectivity index (χ0v) is 30.0. The Kier molecular flexibility index (Phi) is 12.1. The number of hydrogen-bond donors (Lipinski definition) is 4. The number of benzene rings is 2. The molecule has 12 heteroatoms. The number of H-pyrrole nitrogens is 1. The first-order valence-corrected chi connectivity index (χ1v) is 16.8. The number of amides is 3. The summed E-state index contributed by atoms with van der Waals surface area (Å²) in [5.74, 6) is -2.67. The Hall–Kier alpha value is -4.16. The van der Waals surface area contributed by atoms with Crippen LogP contribution in [0, 0.1) is 11.8 Å². The highest BCUT2D eigenvalue weighted by Gasteiger charge is 2.38. The highest BCUT2D eigenvalue weighted by molar-refractivity contribution is 9.10. The maximum Gasteiger partial charge on any atom is 0.338 e. The van der Waals surface area contributed by atoms with Crippen molar-refractivity contribution >= 4 is 50.5 Å². The van der Waals surface area contributed by atoms with Gasteiger partial charge in [0.1, 0.15) is 23.9 Å². The SMILES string of the molecule is CO[C@@H]1C(=O)O[C@H](C)[C@H](C)/C=C(\C)C[C@H](C)C(=O)N[C@@H](C)C(=O)N(C)[C@H](Cc2c[nH]c3ccccc23)C(=O)N[C@H]1c1ccc(O)c(Br)c1. The van der Waals surface area contributed by atoms with Crippen LogP contribution in [-0.2, 0) is 35.1 Å². The Morgan fingerprint density at radius 3 is 2.42 bits per heavy atom. The molecule has 1 aliphatic heterocycles. The van der Waals surface area contributed by atoms with E-state index in [1.807, 2.05) is 44.2 Å². The molecule has 0 aliphatic carbocycles. The molecule has 3 amide bonds. The minimum Gasteiger partial charge on any atom is -0.507 e. The van der Waals surface area contributed by atoms with Crippen LogP contribution in [0.25, 0.3) is 10.9 Å². The lowest BCUT2D eigenvalue weighted by Crippen LogP contribution is -2.56. The highest BCUT2D eigenvalue weighted by Crippen LogP contribution is 2.31. The number of phenolic OH excluding ortho intramolecular Hbond substituents is 1. The number of carbonyl (C=O) groups is 4. The van der Waals surface area contributed by atoms with Gasteiger partial charge in [-0.1, -0.05) is 49.8 Å². The van der Waals surface area contributed by atoms with Crippen molar-refractivity contribution in [3.05, 3.63) is 75.9 Å². The van der Waals surface area contributed by atoms with E-state index in [1.165, 1.54) is 25.1 Å². The van der Waals surface area contributed by atoms with E-state index >= 15 is 0 Å². The van der Waals surface area contributed by atoms with Gasteiger partial charge in [0.2, 0.25) is 17.7 Å². The Labute approximate surface area is 289 Å². The fourth-order valence-electron chi connectivity index (χ4n) is 6.04. The van der Waals surface area contributed by atoms with Crippen LogP contribution in [0.15, 0.2) is 64.8 Å². The number of nitrogens with zero attached hydrogens (tertiary/aromatic N) is 1. The molecule has 2 heterocycles. The molecule has 48 heavy (non-hydrogen) atoms. The topological polar surface area (TPSA) is 150 Å². The second-order valence-electron chi connectivity index (χ2n) is 12.7. The zero-order chi connectivity index (χ0) is 35.3. The van der Waals surface area contributed by atoms with Crippen molar-refractivity contribution in [2.45, 2.75) is 77.8 Å². The molecule has 4 rings (SSSR count). The predicted molar refractivity (Wildman–Crippen MR) is 186 cm³/mol. The number of aromatic nitrogens is 1. The first-order chi connectivity index (χ1) is 22.7. The van der Waals surface area contributed by atoms with Gasteiger partial charge in [-0.15, -0.1) is 0 Å². The summed E-state index contributed by atoms with van der Waals surface area (Å²) in [6, 6.07) is 9.20. The van der Waals surface area contributed by atoms with E-state index in [-0.39, 0.29) is 24.0 Å². The first kappa shape index (κ1) is 36.7. The molecule has 0 spiro atoms. The molecule has 0 saturated heterocycles. The van der Waals surface area contributed by atoms with Gasteiger partial charge in [-0.3, -0.25) is 14.4 Å². The number of hydrogen-bond acceptors (Lipinski definition) is 7. The minimum atomic E-state index is -1.28. The lowest BCUT2D eigenvalue weighted by atomic mass is 9.95. The van der Waals surface area contributed by atoms with Crippen LogP contribution in [-0.4, -0.2) is 77.1 Å². The standard InChI is InChI=1S/C36H45BrN4O7/c1-19-14-20(2)23(5)48-36(46)32(47-7)31(24-12-13-30(42)27(37)16-24)40-34(44)29(17-25-18-38-28-11-9-8-10-26(25)28)41(6)35(45)22(4)39-33(43)21(3)15-19/h8-14,16,18,20-23,29,31-32,38,42H,15,17H2,1-7H3,(H,39,43)(H,40,44)/b19-14+/t20-,21+,22+,23-,29-,31+,32+/m1/s1. The number of rotatable bonds is 4. The summed E-state index contributed by atoms with van der Waals surface area (Å²) >= 11 is 3.33. The van der Waals surface area contributed by atoms with Gasteiger partial charge < -0.3 is 35.1 Å². The largest absolute Gasteiger partial charge is 0.507 e. The number of methoxy groups -OCH3 is 1. The van der Waals surface area contributed by atoms with Crippen molar-refractivity contribution in [3.63, 3.8) is 0 Å². The maximum atomic E-state index is 14.4. The summed E-state index contributed by atoms with van der Waals surface area (Å²) in [6.45, 7) is 8.99. The monoisotopic (exact) mass is 724 g/mol. The first-order valence-electron chi connectivity index (χ1n) is 16.0. The fraction of sp³-hybridized carbons (Fsp3) is 0.444. The van der Waals surface area contributed by atoms with Crippen LogP contribution >= 0.6 is 15.9 Å². The van der Waals surface area contributed by atoms with E-state index in [2.05, 4.69) is 31.5 Å². The molecule has 3 aromatic rings. The molecule has 0 bridgehead atoms. The Bertz CT molecular complexity index is 1690. The highest BCUT2D eigenvalue weighted by atomic mass is 79.9. The Morgan fingerprint density at radius 1 is 1.02 bits per heavy atom. The predicted octanol–water partition coefficient (Wildman–Crippen LogP) is 4.94. The second-order valence-corrected chi connectivity index (χ2v) is 13.6. The summed E-state index contributed by atoms with van der Waals surface area (Å²) < 4.78 is 11.9. The normalized spacial score (nSPS) is 28.1. The number of cyclic esters (lactones) is 1. The summed E-state index contributed by atoms with van der Waals surface area (Å²) in [5, 5.41) is 16.9. The number of allylic oxidation sites excluding steroid dienone is 1. The Morgan fingerprint density at radius 2 is 1.73 bits per heavy atom. The molecule has 258 valence electrons. The lowest BCUT2D eigenvalue weighted by molar-refractivity contribution is -0.164. The van der Waals surface area contributed by atoms with Crippen molar-refractivity contribution in [1.29, 1.82) is 0 Å². The number of aromatic amines is 1. The smallest absolute Gasteiger partial charge is 0.338 e. The average Bonchev–Trinajstić information content (AvgIpc) is 3.46. The van der Waals surface area contributed by atoms with Crippen molar-refractivity contribution in [1.82, 2.24) is 20.5 Å². The third-order valence-electron chi connectivity index (χ3n) is 9.02. The van der Waals surface area contributed by atoms with E-state index < -0.39 is 54.0 Å². The number of phenols is 1. The molecule has 0 fully saturated rings. The number of halogens is 1. The molecule has 1 aliphatic rings. The van der Waals surface area contributed by atoms with E-state index in [4.69, 9.17) is 9.47 Å². The number of likely N-dealkylation sites (N-methyl/N-ethyl adjacent to an activating group) is 1. The van der Waals surface area contributed by atoms with E-state index in [9.17, 15) is 24.3 Å². The minimum absolute atomic E-state index is 0.0284. The summed E-state index contributed by atoms with van der Waals surface area (Å²) in [5.41, 5.74) is 3.07. The van der Waals surface area contributed by atoms with Gasteiger partial charge in [0, 0.05) is 49.5 Å². The molecule has 0 radical (unpaired) electrons. The zero-order valence-electron chi connectivity index (χ0n) is 28.4. The number of esters is 1. The summed E-state index contributed by atoms with van der Waals surface area (Å²) in [6.07, 6.45) is 2.49. The van der Waals surface area contributed by atoms with Crippen molar-refractivity contribution in [2.24, 2.45) is 11.8 Å². The van der Waals surface area contributed by atoms with Crippen molar-refractivity contribution in [2.75, 3.05) is 14.2 Å². The molecule has 11 nitrogen and oxygen atoms in total. The maximum absolute atomic E-state index is 14.4. The van der Waals surface area contributed by atoms with Crippen molar-refractivity contribution < 1.29 is 33.8 Å². The van der Waals surface area contributed by atoms with Crippen molar-refractivity contribution in [3.8, 4) is 5.75 Å². The van der Waals surface area contributed by atoms with Crippen LogP contribution in [0.4, 0.5) is 0 Å². The van der Waals surface area contributed by atoms with E-state index in [0.717, 1.165) is 22.0 Å². The molecule has 0 saturated carbocycles. The summed E-state index contributed by atoms with van der Waals surface area (Å²) in [7, 11) is 2.88. The van der Waals surface area contributed by atoms with Crippen LogP contribution in [0.3, 0.4) is 0 Å². The number of nitrogens with one attached hydrogen (secondary N) is 3. The third kappa shape index (κ3) is 8.46. The van der Waals surface area contributed by atoms with Crippen LogP contribution in [0.2, 0.25) is 0 Å². The van der Waals surface area contributed by atoms with Gasteiger partial charge in [-0.25, -0.2) is 4.79 Å². The van der Waals surface area contributed by atoms with Crippen LogP contribution in [0.1, 0.15) is 58.2 Å². The third-order valence-corrected chi connectivity index (χ3v) is 9.65. The van der Waals surface area contributed by atoms with Gasteiger partial charge in [0.05, 0.1) is 10.5 Å². The number of ether oxygens (including phenoxy) is 2. The van der Waals surface area contributed by atoms with E-state index in [0.29, 0.717) is 16.5 Å². The number of para-hydroxylation sites is 1. The van der Waals surface area contributed by atoms with Gasteiger partial charge in [-0.05, 0) is 72.4 Å². The summed E-state index contributed by atoms with van der Waals surface area (Å²) in [4.78, 5) is 59.8.